The summed E-state index contributed by atoms with van der Waals surface area (Å²) in [5, 5.41) is 40.2. The zero-order chi connectivity index (χ0) is 18.9. The molecule has 150 valence electrons. The molecule has 0 aromatic heterocycles. The second-order valence-electron chi connectivity index (χ2n) is 5.80. The molecule has 0 radical (unpaired) electrons. The van der Waals surface area contributed by atoms with Gasteiger partial charge in [0.25, 0.3) is 11.4 Å². The minimum absolute atomic E-state index is 0. The summed E-state index contributed by atoms with van der Waals surface area (Å²) < 4.78 is 0. The Morgan fingerprint density at radius 1 is 1.15 bits per heavy atom. The third-order valence-corrected chi connectivity index (χ3v) is 3.96. The van der Waals surface area contributed by atoms with Crippen LogP contribution in [0, 0.1) is 20.2 Å². The molecule has 0 aliphatic carbocycles. The summed E-state index contributed by atoms with van der Waals surface area (Å²) in [7, 11) is 0. The van der Waals surface area contributed by atoms with Crippen molar-refractivity contribution in [3.63, 3.8) is 0 Å². The first-order chi connectivity index (χ1) is 11.5. The van der Waals surface area contributed by atoms with Crippen molar-refractivity contribution in [2.24, 2.45) is 5.73 Å². The van der Waals surface area contributed by atoms with E-state index in [1.165, 1.54) is 4.90 Å². The van der Waals surface area contributed by atoms with E-state index in [9.17, 15) is 34.9 Å². The van der Waals surface area contributed by atoms with Crippen LogP contribution in [0.2, 0.25) is 0 Å². The quantitative estimate of drug-likeness (QED) is 0.432. The van der Waals surface area contributed by atoms with E-state index >= 15 is 0 Å². The van der Waals surface area contributed by atoms with Gasteiger partial charge in [-0.3, -0.25) is 34.7 Å². The van der Waals surface area contributed by atoms with Gasteiger partial charge in [0.2, 0.25) is 0 Å². The van der Waals surface area contributed by atoms with Gasteiger partial charge in [-0.25, -0.2) is 0 Å². The molecular formula is C13H16Cl2N4O8. The van der Waals surface area contributed by atoms with Gasteiger partial charge >= 0.3 is 11.9 Å². The molecule has 2 rings (SSSR count). The van der Waals surface area contributed by atoms with E-state index < -0.39 is 44.7 Å². The van der Waals surface area contributed by atoms with E-state index in [0.717, 1.165) is 18.2 Å². The Morgan fingerprint density at radius 2 is 1.63 bits per heavy atom. The van der Waals surface area contributed by atoms with Gasteiger partial charge in [-0.1, -0.05) is 0 Å². The highest BCUT2D eigenvalue weighted by molar-refractivity contribution is 5.85. The molecule has 2 atom stereocenters. The van der Waals surface area contributed by atoms with Gasteiger partial charge in [-0.2, -0.15) is 0 Å². The Kier molecular flexibility index (Phi) is 8.07. The minimum Gasteiger partial charge on any atom is -0.480 e. The van der Waals surface area contributed by atoms with Crippen molar-refractivity contribution in [2.45, 2.75) is 24.5 Å². The van der Waals surface area contributed by atoms with Gasteiger partial charge in [0.05, 0.1) is 15.9 Å². The number of hydrogen-bond donors (Lipinski definition) is 3. The molecule has 0 amide bonds. The predicted octanol–water partition coefficient (Wildman–Crippen LogP) is 0.788. The van der Waals surface area contributed by atoms with Crippen LogP contribution in [0.1, 0.15) is 12.0 Å². The number of carboxylic acid groups (broad SMARTS) is 2. The van der Waals surface area contributed by atoms with Gasteiger partial charge in [0, 0.05) is 31.6 Å². The molecule has 14 heteroatoms. The third kappa shape index (κ3) is 5.23. The summed E-state index contributed by atoms with van der Waals surface area (Å²) >= 11 is 0. The highest BCUT2D eigenvalue weighted by Gasteiger charge is 2.49. The fraction of sp³-hybridized carbons (Fsp3) is 0.385. The zero-order valence-electron chi connectivity index (χ0n) is 13.5. The van der Waals surface area contributed by atoms with Crippen LogP contribution in [0.4, 0.5) is 11.4 Å². The van der Waals surface area contributed by atoms with Crippen LogP contribution in [0.3, 0.4) is 0 Å². The summed E-state index contributed by atoms with van der Waals surface area (Å²) in [6.45, 7) is -0.540. The van der Waals surface area contributed by atoms with Crippen LogP contribution in [0.25, 0.3) is 0 Å². The normalized spacial score (nSPS) is 21.6. The number of rotatable bonds is 6. The number of nitro benzene ring substituents is 2. The first-order valence-corrected chi connectivity index (χ1v) is 6.95. The maximum atomic E-state index is 11.4. The van der Waals surface area contributed by atoms with Crippen LogP contribution < -0.4 is 5.73 Å². The number of aliphatic carboxylic acids is 2. The van der Waals surface area contributed by atoms with E-state index in [2.05, 4.69) is 0 Å². The molecule has 1 heterocycles. The Morgan fingerprint density at radius 3 is 2.00 bits per heavy atom. The lowest BCUT2D eigenvalue weighted by molar-refractivity contribution is -0.394. The monoisotopic (exact) mass is 426 g/mol. The molecule has 0 saturated carbocycles. The summed E-state index contributed by atoms with van der Waals surface area (Å²) in [6.07, 6.45) is -0.352. The van der Waals surface area contributed by atoms with Crippen LogP contribution in [0.15, 0.2) is 18.2 Å². The number of carboxylic acids is 2. The van der Waals surface area contributed by atoms with Gasteiger partial charge in [0.1, 0.15) is 11.6 Å². The molecular weight excluding hydrogens is 411 g/mol. The molecule has 1 fully saturated rings. The molecule has 1 aromatic carbocycles. The third-order valence-electron chi connectivity index (χ3n) is 3.96. The maximum absolute atomic E-state index is 11.4. The molecule has 4 N–H and O–H groups in total. The number of benzene rings is 1. The average molecular weight is 427 g/mol. The molecule has 1 saturated heterocycles. The second-order valence-corrected chi connectivity index (χ2v) is 5.80. The largest absolute Gasteiger partial charge is 0.480 e. The summed E-state index contributed by atoms with van der Waals surface area (Å²) in [5.74, 6) is -2.67. The van der Waals surface area contributed by atoms with Crippen molar-refractivity contribution in [1.29, 1.82) is 0 Å². The van der Waals surface area contributed by atoms with E-state index in [1.807, 2.05) is 0 Å². The number of nitrogens with zero attached hydrogens (tertiary/aromatic N) is 3. The SMILES string of the molecule is Cl.Cl.N[C@]1(C(=O)O)C[C@H](C(=O)O)N(Cc2cc([N+](=O)[O-])cc([N+](=O)[O-])c2)C1. The lowest BCUT2D eigenvalue weighted by Crippen LogP contribution is -2.50. The van der Waals surface area contributed by atoms with E-state index in [4.69, 9.17) is 10.8 Å². The van der Waals surface area contributed by atoms with Crippen molar-refractivity contribution in [3.05, 3.63) is 44.0 Å². The standard InChI is InChI=1S/C13H14N4O8.2ClH/c14-13(12(20)21)4-10(11(18)19)15(6-13)5-7-1-8(16(22)23)3-9(2-7)17(24)25;;/h1-3,10H,4-6,14H2,(H,18,19)(H,20,21);2*1H/t10-,13-;;/m1../s1. The first kappa shape index (κ1) is 24.5. The van der Waals surface area contributed by atoms with Crippen molar-refractivity contribution >= 4 is 48.1 Å². The Balaban J connectivity index is 0.00000338. The molecule has 12 nitrogen and oxygen atoms in total. The Bertz CT molecular complexity index is 744. The number of carbonyl (C=O) groups is 2. The van der Waals surface area contributed by atoms with Crippen LogP contribution >= 0.6 is 24.8 Å². The highest BCUT2D eigenvalue weighted by Crippen LogP contribution is 2.30. The second kappa shape index (κ2) is 8.90. The lowest BCUT2D eigenvalue weighted by Gasteiger charge is -2.21. The Labute approximate surface area is 164 Å². The average Bonchev–Trinajstić information content (AvgIpc) is 2.85. The molecule has 0 unspecified atom stereocenters. The maximum Gasteiger partial charge on any atom is 0.325 e. The number of hydrogen-bond acceptors (Lipinski definition) is 8. The molecule has 1 aromatic rings. The van der Waals surface area contributed by atoms with Gasteiger partial charge in [0.15, 0.2) is 0 Å². The van der Waals surface area contributed by atoms with Crippen molar-refractivity contribution < 1.29 is 29.6 Å². The summed E-state index contributed by atoms with van der Waals surface area (Å²) in [6, 6.07) is 1.71. The number of nitro groups is 2. The van der Waals surface area contributed by atoms with Crippen LogP contribution in [0.5, 0.6) is 0 Å². The van der Waals surface area contributed by atoms with Gasteiger partial charge in [-0.05, 0) is 5.56 Å². The minimum atomic E-state index is -1.78. The molecule has 1 aliphatic rings. The van der Waals surface area contributed by atoms with Crippen molar-refractivity contribution in [3.8, 4) is 0 Å². The highest BCUT2D eigenvalue weighted by atomic mass is 35.5. The molecule has 0 bridgehead atoms. The molecule has 27 heavy (non-hydrogen) atoms. The first-order valence-electron chi connectivity index (χ1n) is 6.95. The number of non-ortho nitro benzene ring substituents is 2. The van der Waals surface area contributed by atoms with E-state index in [0.29, 0.717) is 0 Å². The van der Waals surface area contributed by atoms with Crippen molar-refractivity contribution in [1.82, 2.24) is 4.90 Å². The van der Waals surface area contributed by atoms with E-state index in [-0.39, 0.29) is 49.9 Å². The summed E-state index contributed by atoms with van der Waals surface area (Å²) in [5.41, 5.74) is 3.00. The van der Waals surface area contributed by atoms with E-state index in [1.54, 1.807) is 0 Å². The van der Waals surface area contributed by atoms with Crippen LogP contribution in [-0.2, 0) is 16.1 Å². The van der Waals surface area contributed by atoms with Gasteiger partial charge < -0.3 is 15.9 Å². The van der Waals surface area contributed by atoms with Gasteiger partial charge in [-0.15, -0.1) is 24.8 Å². The zero-order valence-corrected chi connectivity index (χ0v) is 15.1. The fourth-order valence-electron chi connectivity index (χ4n) is 2.77. The number of nitrogens with two attached hydrogens (primary N) is 1. The summed E-state index contributed by atoms with van der Waals surface area (Å²) in [4.78, 5) is 44.0. The molecule has 0 spiro atoms. The van der Waals surface area contributed by atoms with Crippen LogP contribution in [-0.4, -0.2) is 55.0 Å². The predicted molar refractivity (Wildman–Crippen MR) is 95.3 cm³/mol. The fourth-order valence-corrected chi connectivity index (χ4v) is 2.77. The topological polar surface area (TPSA) is 190 Å². The molecule has 1 aliphatic heterocycles. The Hall–Kier alpha value is -2.54. The lowest BCUT2D eigenvalue weighted by atomic mass is 9.98. The number of halogens is 2. The smallest absolute Gasteiger partial charge is 0.325 e. The number of likely N-dealkylation sites (tertiary alicyclic amines) is 1. The van der Waals surface area contributed by atoms with Crippen molar-refractivity contribution in [2.75, 3.05) is 6.54 Å².